The molecule has 2 atom stereocenters. The molecule has 1 aromatic rings. The molecule has 1 fully saturated rings. The van der Waals surface area contributed by atoms with Gasteiger partial charge in [-0.25, -0.2) is 0 Å². The Bertz CT molecular complexity index is 547. The molecule has 126 valence electrons. The van der Waals surface area contributed by atoms with Gasteiger partial charge in [-0.15, -0.1) is 0 Å². The van der Waals surface area contributed by atoms with Crippen molar-refractivity contribution in [2.75, 3.05) is 20.1 Å². The van der Waals surface area contributed by atoms with Crippen LogP contribution in [0.15, 0.2) is 24.3 Å². The summed E-state index contributed by atoms with van der Waals surface area (Å²) in [5.74, 6) is -0.0672. The molecule has 2 N–H and O–H groups in total. The number of halogens is 1. The minimum atomic E-state index is -0.326. The van der Waals surface area contributed by atoms with Gasteiger partial charge in [0.1, 0.15) is 0 Å². The Kier molecular flexibility index (Phi) is 6.42. The van der Waals surface area contributed by atoms with Gasteiger partial charge in [0.05, 0.1) is 12.5 Å². The Hall–Kier alpha value is -1.59. The van der Waals surface area contributed by atoms with Gasteiger partial charge in [0.2, 0.25) is 11.8 Å². The number of carbonyl (C=O) groups excluding carboxylic acids is 2. The monoisotopic (exact) mass is 337 g/mol. The third-order valence-electron chi connectivity index (χ3n) is 4.17. The fourth-order valence-corrected chi connectivity index (χ4v) is 3.22. The summed E-state index contributed by atoms with van der Waals surface area (Å²) in [6.45, 7) is 3.06. The van der Waals surface area contributed by atoms with Crippen molar-refractivity contribution in [1.29, 1.82) is 0 Å². The summed E-state index contributed by atoms with van der Waals surface area (Å²) in [5.41, 5.74) is 0.891. The van der Waals surface area contributed by atoms with Gasteiger partial charge >= 0.3 is 0 Å². The Morgan fingerprint density at radius 3 is 2.65 bits per heavy atom. The summed E-state index contributed by atoms with van der Waals surface area (Å²) in [6.07, 6.45) is 2.32. The molecule has 5 nitrogen and oxygen atoms in total. The predicted octanol–water partition coefficient (Wildman–Crippen LogP) is 2.12. The van der Waals surface area contributed by atoms with E-state index in [-0.39, 0.29) is 30.3 Å². The van der Waals surface area contributed by atoms with Gasteiger partial charge in [0.25, 0.3) is 0 Å². The standard InChI is InChI=1S/C17H24ClN3O2/c1-12(22)20-16(13-5-7-14(18)8-6-13)10-17(23)21-9-3-4-15(21)11-19-2/h5-8,15-16,19H,3-4,9-11H2,1-2H3,(H,20,22). The van der Waals surface area contributed by atoms with Crippen LogP contribution in [0.25, 0.3) is 0 Å². The smallest absolute Gasteiger partial charge is 0.225 e. The minimum Gasteiger partial charge on any atom is -0.349 e. The number of benzene rings is 1. The molecule has 1 saturated heterocycles. The second-order valence-electron chi connectivity index (χ2n) is 5.95. The molecule has 0 spiro atoms. The summed E-state index contributed by atoms with van der Waals surface area (Å²) in [5, 5.41) is 6.65. The number of amides is 2. The Morgan fingerprint density at radius 2 is 2.04 bits per heavy atom. The molecule has 2 rings (SSSR count). The number of likely N-dealkylation sites (N-methyl/N-ethyl adjacent to an activating group) is 1. The highest BCUT2D eigenvalue weighted by Gasteiger charge is 2.30. The highest BCUT2D eigenvalue weighted by molar-refractivity contribution is 6.30. The number of hydrogen-bond acceptors (Lipinski definition) is 3. The lowest BCUT2D eigenvalue weighted by Gasteiger charge is -2.27. The van der Waals surface area contributed by atoms with Crippen LogP contribution in [0, 0.1) is 0 Å². The van der Waals surface area contributed by atoms with E-state index in [2.05, 4.69) is 10.6 Å². The van der Waals surface area contributed by atoms with E-state index in [0.717, 1.165) is 31.5 Å². The maximum Gasteiger partial charge on any atom is 0.225 e. The number of nitrogens with zero attached hydrogens (tertiary/aromatic N) is 1. The van der Waals surface area contributed by atoms with E-state index in [1.807, 2.05) is 24.1 Å². The van der Waals surface area contributed by atoms with Crippen molar-refractivity contribution in [1.82, 2.24) is 15.5 Å². The first kappa shape index (κ1) is 17.8. The largest absolute Gasteiger partial charge is 0.349 e. The minimum absolute atomic E-state index is 0.0800. The van der Waals surface area contributed by atoms with Crippen molar-refractivity contribution >= 4 is 23.4 Å². The van der Waals surface area contributed by atoms with Crippen LogP contribution in [0.2, 0.25) is 5.02 Å². The van der Waals surface area contributed by atoms with Crippen LogP contribution in [-0.2, 0) is 9.59 Å². The lowest BCUT2D eigenvalue weighted by molar-refractivity contribution is -0.132. The summed E-state index contributed by atoms with van der Waals surface area (Å²) in [7, 11) is 1.90. The van der Waals surface area contributed by atoms with Crippen LogP contribution in [0.5, 0.6) is 0 Å². The fourth-order valence-electron chi connectivity index (χ4n) is 3.10. The highest BCUT2D eigenvalue weighted by atomic mass is 35.5. The van der Waals surface area contributed by atoms with Crippen molar-refractivity contribution < 1.29 is 9.59 Å². The van der Waals surface area contributed by atoms with Crippen molar-refractivity contribution in [2.45, 2.75) is 38.3 Å². The molecule has 2 unspecified atom stereocenters. The van der Waals surface area contributed by atoms with Crippen LogP contribution < -0.4 is 10.6 Å². The first-order valence-electron chi connectivity index (χ1n) is 7.98. The van der Waals surface area contributed by atoms with E-state index in [0.29, 0.717) is 5.02 Å². The van der Waals surface area contributed by atoms with Gasteiger partial charge in [-0.05, 0) is 37.6 Å². The second kappa shape index (κ2) is 8.31. The number of nitrogens with one attached hydrogen (secondary N) is 2. The molecule has 0 aliphatic carbocycles. The van der Waals surface area contributed by atoms with Crippen molar-refractivity contribution in [3.05, 3.63) is 34.9 Å². The first-order valence-corrected chi connectivity index (χ1v) is 8.35. The van der Waals surface area contributed by atoms with Gasteiger partial charge in [0, 0.05) is 31.1 Å². The summed E-state index contributed by atoms with van der Waals surface area (Å²) < 4.78 is 0. The third kappa shape index (κ3) is 4.94. The van der Waals surface area contributed by atoms with Crippen molar-refractivity contribution in [2.24, 2.45) is 0 Å². The zero-order valence-electron chi connectivity index (χ0n) is 13.6. The Labute approximate surface area is 142 Å². The molecule has 1 aromatic carbocycles. The number of carbonyl (C=O) groups is 2. The van der Waals surface area contributed by atoms with Gasteiger partial charge in [0.15, 0.2) is 0 Å². The van der Waals surface area contributed by atoms with E-state index in [9.17, 15) is 9.59 Å². The molecule has 1 aliphatic heterocycles. The van der Waals surface area contributed by atoms with Crippen LogP contribution in [0.1, 0.15) is 37.8 Å². The molecule has 0 bridgehead atoms. The number of hydrogen-bond donors (Lipinski definition) is 2. The summed E-state index contributed by atoms with van der Waals surface area (Å²) in [4.78, 5) is 26.1. The van der Waals surface area contributed by atoms with Crippen LogP contribution in [0.4, 0.5) is 0 Å². The molecule has 0 radical (unpaired) electrons. The molecule has 0 aromatic heterocycles. The number of likely N-dealkylation sites (tertiary alicyclic amines) is 1. The topological polar surface area (TPSA) is 61.4 Å². The second-order valence-corrected chi connectivity index (χ2v) is 6.39. The normalized spacial score (nSPS) is 18.7. The average Bonchev–Trinajstić information content (AvgIpc) is 2.95. The first-order chi connectivity index (χ1) is 11.0. The molecular formula is C17H24ClN3O2. The third-order valence-corrected chi connectivity index (χ3v) is 4.42. The van der Waals surface area contributed by atoms with Gasteiger partial charge in [-0.3, -0.25) is 9.59 Å². The van der Waals surface area contributed by atoms with E-state index in [1.165, 1.54) is 6.92 Å². The maximum atomic E-state index is 12.7. The SMILES string of the molecule is CNCC1CCCN1C(=O)CC(NC(C)=O)c1ccc(Cl)cc1. The molecule has 1 heterocycles. The van der Waals surface area contributed by atoms with Gasteiger partial charge in [-0.2, -0.15) is 0 Å². The lowest BCUT2D eigenvalue weighted by atomic mass is 10.0. The average molecular weight is 338 g/mol. The maximum absolute atomic E-state index is 12.7. The van der Waals surface area contributed by atoms with E-state index < -0.39 is 0 Å². The zero-order chi connectivity index (χ0) is 16.8. The van der Waals surface area contributed by atoms with Crippen molar-refractivity contribution in [3.8, 4) is 0 Å². The quantitative estimate of drug-likeness (QED) is 0.836. The van der Waals surface area contributed by atoms with Crippen LogP contribution in [0.3, 0.4) is 0 Å². The highest BCUT2D eigenvalue weighted by Crippen LogP contribution is 2.24. The van der Waals surface area contributed by atoms with E-state index >= 15 is 0 Å². The molecular weight excluding hydrogens is 314 g/mol. The van der Waals surface area contributed by atoms with E-state index in [1.54, 1.807) is 12.1 Å². The summed E-state index contributed by atoms with van der Waals surface area (Å²) in [6, 6.07) is 7.17. The Balaban J connectivity index is 2.09. The lowest BCUT2D eigenvalue weighted by Crippen LogP contribution is -2.42. The molecule has 6 heteroatoms. The van der Waals surface area contributed by atoms with Crippen LogP contribution >= 0.6 is 11.6 Å². The number of rotatable bonds is 6. The molecule has 1 aliphatic rings. The summed E-state index contributed by atoms with van der Waals surface area (Å²) >= 11 is 5.92. The van der Waals surface area contributed by atoms with Crippen LogP contribution in [-0.4, -0.2) is 42.9 Å². The van der Waals surface area contributed by atoms with Crippen molar-refractivity contribution in [3.63, 3.8) is 0 Å². The predicted molar refractivity (Wildman–Crippen MR) is 91.3 cm³/mol. The fraction of sp³-hybridized carbons (Fsp3) is 0.529. The van der Waals surface area contributed by atoms with Gasteiger partial charge in [-0.1, -0.05) is 23.7 Å². The molecule has 0 saturated carbocycles. The zero-order valence-corrected chi connectivity index (χ0v) is 14.4. The molecule has 23 heavy (non-hydrogen) atoms. The Morgan fingerprint density at radius 1 is 1.35 bits per heavy atom. The van der Waals surface area contributed by atoms with Gasteiger partial charge < -0.3 is 15.5 Å². The van der Waals surface area contributed by atoms with E-state index in [4.69, 9.17) is 11.6 Å². The molecule has 2 amide bonds.